The summed E-state index contributed by atoms with van der Waals surface area (Å²) in [6.07, 6.45) is 3.51. The molecule has 3 rings (SSSR count). The van der Waals surface area contributed by atoms with E-state index in [1.807, 2.05) is 54.6 Å². The van der Waals surface area contributed by atoms with Gasteiger partial charge in [-0.1, -0.05) is 54.6 Å². The van der Waals surface area contributed by atoms with E-state index in [4.69, 9.17) is 4.18 Å². The highest BCUT2D eigenvalue weighted by atomic mass is 32.2. The molecule has 0 radical (unpaired) electrons. The monoisotopic (exact) mass is 344 g/mol. The summed E-state index contributed by atoms with van der Waals surface area (Å²) in [5.74, 6) is 0. The van der Waals surface area contributed by atoms with Crippen molar-refractivity contribution in [1.82, 2.24) is 0 Å². The summed E-state index contributed by atoms with van der Waals surface area (Å²) in [6, 6.07) is 15.8. The number of fused-ring (bicyclic) bond motifs is 2. The molecule has 1 atom stereocenters. The molecule has 2 aromatic rings. The van der Waals surface area contributed by atoms with Crippen LogP contribution in [0.3, 0.4) is 0 Å². The molecular weight excluding hydrogens is 324 g/mol. The zero-order valence-electron chi connectivity index (χ0n) is 13.5. The normalized spacial score (nSPS) is 18.8. The maximum atomic E-state index is 11.1. The lowest BCUT2D eigenvalue weighted by Crippen LogP contribution is -2.03. The van der Waals surface area contributed by atoms with Crippen molar-refractivity contribution in [2.45, 2.75) is 18.9 Å². The van der Waals surface area contributed by atoms with Crippen LogP contribution in [0.4, 0.5) is 0 Å². The van der Waals surface area contributed by atoms with Gasteiger partial charge in [-0.2, -0.15) is 8.42 Å². The van der Waals surface area contributed by atoms with Crippen LogP contribution in [-0.4, -0.2) is 26.4 Å². The molecule has 0 spiro atoms. The van der Waals surface area contributed by atoms with Gasteiger partial charge in [0.25, 0.3) is 10.1 Å². The van der Waals surface area contributed by atoms with Crippen LogP contribution in [0.2, 0.25) is 0 Å². The first-order valence-corrected chi connectivity index (χ1v) is 9.67. The second-order valence-electron chi connectivity index (χ2n) is 5.90. The van der Waals surface area contributed by atoms with Gasteiger partial charge in [-0.3, -0.25) is 4.18 Å². The Morgan fingerprint density at radius 1 is 1.12 bits per heavy atom. The number of aliphatic hydroxyl groups excluding tert-OH is 1. The van der Waals surface area contributed by atoms with Gasteiger partial charge in [0, 0.05) is 6.42 Å². The Kier molecular flexibility index (Phi) is 4.85. The molecule has 24 heavy (non-hydrogen) atoms. The van der Waals surface area contributed by atoms with Crippen molar-refractivity contribution in [2.24, 2.45) is 0 Å². The molecule has 2 aromatic carbocycles. The van der Waals surface area contributed by atoms with Crippen molar-refractivity contribution in [1.29, 1.82) is 0 Å². The van der Waals surface area contributed by atoms with E-state index in [1.54, 1.807) is 0 Å². The first-order chi connectivity index (χ1) is 11.5. The summed E-state index contributed by atoms with van der Waals surface area (Å²) in [4.78, 5) is 0. The van der Waals surface area contributed by atoms with Crippen LogP contribution < -0.4 is 0 Å². The van der Waals surface area contributed by atoms with Crippen molar-refractivity contribution in [3.05, 3.63) is 76.9 Å². The fraction of sp³-hybridized carbons (Fsp3) is 0.263. The predicted molar refractivity (Wildman–Crippen MR) is 94.0 cm³/mol. The zero-order chi connectivity index (χ0) is 17.2. The SMILES string of the molecule is CS(=O)(=O)OCC/C=C1\c2ccccc2CC(O)c2ccccc21. The van der Waals surface area contributed by atoms with Crippen molar-refractivity contribution < 1.29 is 17.7 Å². The van der Waals surface area contributed by atoms with Crippen LogP contribution in [-0.2, 0) is 20.7 Å². The van der Waals surface area contributed by atoms with E-state index in [9.17, 15) is 13.5 Å². The van der Waals surface area contributed by atoms with Crippen LogP contribution in [0, 0.1) is 0 Å². The summed E-state index contributed by atoms with van der Waals surface area (Å²) in [5, 5.41) is 10.6. The van der Waals surface area contributed by atoms with Crippen LogP contribution in [0.1, 0.15) is 34.8 Å². The Morgan fingerprint density at radius 3 is 2.54 bits per heavy atom. The Balaban J connectivity index is 2.01. The minimum atomic E-state index is -3.43. The molecule has 1 unspecified atom stereocenters. The highest BCUT2D eigenvalue weighted by Crippen LogP contribution is 2.37. The zero-order valence-corrected chi connectivity index (χ0v) is 14.3. The summed E-state index contributed by atoms with van der Waals surface area (Å²) >= 11 is 0. The third-order valence-electron chi connectivity index (χ3n) is 4.09. The Labute approximate surface area is 142 Å². The van der Waals surface area contributed by atoms with Gasteiger partial charge in [-0.05, 0) is 34.2 Å². The summed E-state index contributed by atoms with van der Waals surface area (Å²) in [5.41, 5.74) is 5.03. The van der Waals surface area contributed by atoms with Crippen LogP contribution in [0.5, 0.6) is 0 Å². The Bertz CT molecular complexity index is 868. The van der Waals surface area contributed by atoms with E-state index in [0.29, 0.717) is 12.8 Å². The molecule has 1 aliphatic carbocycles. The first-order valence-electron chi connectivity index (χ1n) is 7.86. The van der Waals surface area contributed by atoms with Gasteiger partial charge < -0.3 is 5.11 Å². The lowest BCUT2D eigenvalue weighted by molar-refractivity contribution is 0.179. The second kappa shape index (κ2) is 6.89. The molecule has 0 fully saturated rings. The average molecular weight is 344 g/mol. The predicted octanol–water partition coefficient (Wildman–Crippen LogP) is 3.07. The van der Waals surface area contributed by atoms with E-state index in [2.05, 4.69) is 0 Å². The first kappa shape index (κ1) is 16.9. The topological polar surface area (TPSA) is 63.6 Å². The summed E-state index contributed by atoms with van der Waals surface area (Å²) in [6.45, 7) is 0.106. The molecule has 0 aliphatic heterocycles. The highest BCUT2D eigenvalue weighted by Gasteiger charge is 2.22. The fourth-order valence-electron chi connectivity index (χ4n) is 3.08. The van der Waals surface area contributed by atoms with E-state index in [1.165, 1.54) is 0 Å². The summed E-state index contributed by atoms with van der Waals surface area (Å²) in [7, 11) is -3.43. The number of benzene rings is 2. The van der Waals surface area contributed by atoms with Crippen molar-refractivity contribution in [2.75, 3.05) is 12.9 Å². The minimum Gasteiger partial charge on any atom is -0.388 e. The van der Waals surface area contributed by atoms with Gasteiger partial charge in [0.2, 0.25) is 0 Å². The fourth-order valence-corrected chi connectivity index (χ4v) is 3.48. The molecule has 5 heteroatoms. The number of hydrogen-bond acceptors (Lipinski definition) is 4. The molecule has 0 aromatic heterocycles. The van der Waals surface area contributed by atoms with Crippen LogP contribution in [0.15, 0.2) is 54.6 Å². The molecule has 0 bridgehead atoms. The number of hydrogen-bond donors (Lipinski definition) is 1. The molecule has 1 aliphatic rings. The van der Waals surface area contributed by atoms with Crippen LogP contribution >= 0.6 is 0 Å². The minimum absolute atomic E-state index is 0.106. The van der Waals surface area contributed by atoms with Gasteiger partial charge in [0.05, 0.1) is 19.0 Å². The Morgan fingerprint density at radius 2 is 1.79 bits per heavy atom. The van der Waals surface area contributed by atoms with E-state index < -0.39 is 16.2 Å². The quantitative estimate of drug-likeness (QED) is 0.684. The standard InChI is InChI=1S/C19H20O4S/c1-24(21,22)23-12-6-11-16-15-8-3-2-7-14(15)13-19(20)18-10-5-4-9-17(16)18/h2-5,7-11,19-20H,6,12-13H2,1H3/b16-11+. The average Bonchev–Trinajstić information content (AvgIpc) is 2.66. The smallest absolute Gasteiger partial charge is 0.264 e. The van der Waals surface area contributed by atoms with Gasteiger partial charge in [0.15, 0.2) is 0 Å². The Hall–Kier alpha value is -1.95. The summed E-state index contributed by atoms with van der Waals surface area (Å²) < 4.78 is 27.0. The second-order valence-corrected chi connectivity index (χ2v) is 7.54. The van der Waals surface area contributed by atoms with Gasteiger partial charge in [-0.25, -0.2) is 0 Å². The highest BCUT2D eigenvalue weighted by molar-refractivity contribution is 7.85. The largest absolute Gasteiger partial charge is 0.388 e. The third-order valence-corrected chi connectivity index (χ3v) is 4.69. The maximum absolute atomic E-state index is 11.1. The number of aliphatic hydroxyl groups is 1. The van der Waals surface area contributed by atoms with E-state index in [-0.39, 0.29) is 6.61 Å². The lowest BCUT2D eigenvalue weighted by Gasteiger charge is -2.13. The molecular formula is C19H20O4S. The lowest BCUT2D eigenvalue weighted by atomic mass is 9.93. The number of rotatable bonds is 4. The molecule has 126 valence electrons. The van der Waals surface area contributed by atoms with Gasteiger partial charge >= 0.3 is 0 Å². The van der Waals surface area contributed by atoms with E-state index >= 15 is 0 Å². The molecule has 1 N–H and O–H groups in total. The molecule has 4 nitrogen and oxygen atoms in total. The molecule has 0 saturated heterocycles. The van der Waals surface area contributed by atoms with Crippen molar-refractivity contribution in [3.63, 3.8) is 0 Å². The van der Waals surface area contributed by atoms with Crippen molar-refractivity contribution in [3.8, 4) is 0 Å². The van der Waals surface area contributed by atoms with Crippen LogP contribution in [0.25, 0.3) is 5.57 Å². The third kappa shape index (κ3) is 3.75. The molecule has 0 amide bonds. The van der Waals surface area contributed by atoms with Gasteiger partial charge in [-0.15, -0.1) is 0 Å². The van der Waals surface area contributed by atoms with E-state index in [0.717, 1.165) is 34.1 Å². The maximum Gasteiger partial charge on any atom is 0.264 e. The van der Waals surface area contributed by atoms with Crippen molar-refractivity contribution >= 4 is 15.7 Å². The molecule has 0 saturated carbocycles. The molecule has 0 heterocycles. The van der Waals surface area contributed by atoms with Gasteiger partial charge in [0.1, 0.15) is 0 Å².